The van der Waals surface area contributed by atoms with E-state index in [-0.39, 0.29) is 0 Å². The van der Waals surface area contributed by atoms with E-state index in [9.17, 15) is 0 Å². The van der Waals surface area contributed by atoms with Crippen molar-refractivity contribution in [1.82, 2.24) is 0 Å². The Balaban J connectivity index is 2.80. The van der Waals surface area contributed by atoms with Crippen molar-refractivity contribution in [2.45, 2.75) is 57.0 Å². The Morgan fingerprint density at radius 1 is 0.542 bits per heavy atom. The van der Waals surface area contributed by atoms with Crippen LogP contribution in [0.1, 0.15) is 19.3 Å². The van der Waals surface area contributed by atoms with Gasteiger partial charge in [0.1, 0.15) is 0 Å². The molecule has 0 aromatic rings. The summed E-state index contributed by atoms with van der Waals surface area (Å²) in [5, 5.41) is 0. The zero-order valence-electron chi connectivity index (χ0n) is 16.3. The number of rotatable bonds is 12. The summed E-state index contributed by atoms with van der Waals surface area (Å²) in [6, 6.07) is 2.89. The zero-order chi connectivity index (χ0) is 18.1. The maximum absolute atomic E-state index is 6.58. The minimum atomic E-state index is -2.23. The second-order valence-corrected chi connectivity index (χ2v) is 17.7. The Kier molecular flexibility index (Phi) is 9.85. The van der Waals surface area contributed by atoms with Crippen LogP contribution in [0.2, 0.25) is 37.8 Å². The van der Waals surface area contributed by atoms with Gasteiger partial charge in [-0.3, -0.25) is 0 Å². The topological polar surface area (TPSA) is 55.4 Å². The summed E-state index contributed by atoms with van der Waals surface area (Å²) in [5.41, 5.74) is 0. The highest BCUT2D eigenvalue weighted by atomic mass is 28.5. The van der Waals surface area contributed by atoms with Gasteiger partial charge in [-0.25, -0.2) is 0 Å². The van der Waals surface area contributed by atoms with Crippen LogP contribution in [0.4, 0.5) is 0 Å². The largest absolute Gasteiger partial charge is 0.416 e. The fourth-order valence-corrected chi connectivity index (χ4v) is 20.7. The predicted molar refractivity (Wildman–Crippen MR) is 102 cm³/mol. The zero-order valence-corrected chi connectivity index (χ0v) is 19.3. The molecule has 1 fully saturated rings. The lowest BCUT2D eigenvalue weighted by molar-refractivity contribution is 0.177. The van der Waals surface area contributed by atoms with Crippen LogP contribution in [-0.2, 0) is 26.6 Å². The molecule has 6 nitrogen and oxygen atoms in total. The molecule has 0 unspecified atom stereocenters. The van der Waals surface area contributed by atoms with E-state index in [1.807, 2.05) is 0 Å². The summed E-state index contributed by atoms with van der Waals surface area (Å²) < 4.78 is 35.4. The predicted octanol–water partition coefficient (Wildman–Crippen LogP) is 3.38. The summed E-state index contributed by atoms with van der Waals surface area (Å²) in [4.78, 5) is 0. The SMILES string of the molecule is COCCC[Si]1(C)O[Si](C)(CCCOC)O[Si](C)(CCCOC)O1. The van der Waals surface area contributed by atoms with E-state index < -0.39 is 25.7 Å². The van der Waals surface area contributed by atoms with Gasteiger partial charge < -0.3 is 26.6 Å². The van der Waals surface area contributed by atoms with Gasteiger partial charge in [0.05, 0.1) is 0 Å². The van der Waals surface area contributed by atoms with Crippen molar-refractivity contribution in [3.05, 3.63) is 0 Å². The highest BCUT2D eigenvalue weighted by molar-refractivity contribution is 6.93. The van der Waals surface area contributed by atoms with Gasteiger partial charge in [-0.1, -0.05) is 0 Å². The van der Waals surface area contributed by atoms with E-state index >= 15 is 0 Å². The van der Waals surface area contributed by atoms with Gasteiger partial charge >= 0.3 is 25.7 Å². The van der Waals surface area contributed by atoms with Crippen molar-refractivity contribution in [3.8, 4) is 0 Å². The van der Waals surface area contributed by atoms with Crippen LogP contribution < -0.4 is 0 Å². The van der Waals surface area contributed by atoms with Crippen molar-refractivity contribution < 1.29 is 26.6 Å². The first-order chi connectivity index (χ1) is 11.3. The highest BCUT2D eigenvalue weighted by Crippen LogP contribution is 2.38. The molecule has 9 heteroatoms. The molecule has 0 atom stereocenters. The van der Waals surface area contributed by atoms with Crippen molar-refractivity contribution in [2.75, 3.05) is 41.2 Å². The van der Waals surface area contributed by atoms with Gasteiger partial charge in [-0.2, -0.15) is 0 Å². The summed E-state index contributed by atoms with van der Waals surface area (Å²) >= 11 is 0. The van der Waals surface area contributed by atoms with Gasteiger partial charge in [0.15, 0.2) is 0 Å². The molecular weight excluding hydrogens is 360 g/mol. The standard InChI is InChI=1S/C15H36O6Si3/c1-16-10-7-13-22(4)19-23(5,14-8-11-17-2)21-24(6,20-22)15-9-12-18-3/h7-15H2,1-6H3. The van der Waals surface area contributed by atoms with Gasteiger partial charge in [-0.05, 0) is 57.0 Å². The highest BCUT2D eigenvalue weighted by Gasteiger charge is 2.55. The molecule has 0 aliphatic carbocycles. The first kappa shape index (κ1) is 22.5. The molecular formula is C15H36O6Si3. The monoisotopic (exact) mass is 396 g/mol. The van der Waals surface area contributed by atoms with Crippen LogP contribution in [0, 0.1) is 0 Å². The smallest absolute Gasteiger partial charge is 0.317 e. The van der Waals surface area contributed by atoms with Gasteiger partial charge in [0.25, 0.3) is 0 Å². The lowest BCUT2D eigenvalue weighted by Gasteiger charge is -2.50. The molecule has 0 radical (unpaired) electrons. The van der Waals surface area contributed by atoms with E-state index in [1.165, 1.54) is 0 Å². The van der Waals surface area contributed by atoms with Gasteiger partial charge in [0, 0.05) is 41.2 Å². The molecule has 1 aliphatic heterocycles. The third kappa shape index (κ3) is 7.75. The lowest BCUT2D eigenvalue weighted by atomic mass is 10.5. The van der Waals surface area contributed by atoms with E-state index in [0.717, 1.165) is 57.2 Å². The van der Waals surface area contributed by atoms with Crippen LogP contribution in [-0.4, -0.2) is 66.8 Å². The van der Waals surface area contributed by atoms with E-state index in [1.54, 1.807) is 21.3 Å². The van der Waals surface area contributed by atoms with Crippen LogP contribution in [0.5, 0.6) is 0 Å². The molecule has 0 N–H and O–H groups in total. The van der Waals surface area contributed by atoms with E-state index in [0.29, 0.717) is 0 Å². The Hall–Kier alpha value is 0.411. The second-order valence-electron chi connectivity index (χ2n) is 7.00. The Morgan fingerprint density at radius 3 is 1.00 bits per heavy atom. The Labute approximate surface area is 150 Å². The van der Waals surface area contributed by atoms with Crippen LogP contribution in [0.15, 0.2) is 0 Å². The minimum Gasteiger partial charge on any atom is -0.416 e. The third-order valence-corrected chi connectivity index (χ3v) is 18.4. The number of methoxy groups -OCH3 is 3. The Bertz CT molecular complexity index is 300. The third-order valence-electron chi connectivity index (χ3n) is 4.23. The first-order valence-corrected chi connectivity index (χ1v) is 16.4. The molecule has 0 bridgehead atoms. The van der Waals surface area contributed by atoms with Crippen molar-refractivity contribution in [2.24, 2.45) is 0 Å². The van der Waals surface area contributed by atoms with Gasteiger partial charge in [-0.15, -0.1) is 0 Å². The maximum Gasteiger partial charge on any atom is 0.317 e. The average Bonchev–Trinajstić information content (AvgIpc) is 2.46. The molecule has 0 saturated carbocycles. The molecule has 0 amide bonds. The molecule has 1 rings (SSSR count). The van der Waals surface area contributed by atoms with Crippen molar-refractivity contribution >= 4 is 25.7 Å². The average molecular weight is 397 g/mol. The molecule has 24 heavy (non-hydrogen) atoms. The molecule has 0 spiro atoms. The molecule has 1 heterocycles. The van der Waals surface area contributed by atoms with Crippen LogP contribution in [0.3, 0.4) is 0 Å². The fourth-order valence-electron chi connectivity index (χ4n) is 3.35. The van der Waals surface area contributed by atoms with Crippen LogP contribution >= 0.6 is 0 Å². The van der Waals surface area contributed by atoms with Gasteiger partial charge in [0.2, 0.25) is 0 Å². The van der Waals surface area contributed by atoms with Crippen molar-refractivity contribution in [3.63, 3.8) is 0 Å². The summed E-state index contributed by atoms with van der Waals surface area (Å²) in [6.45, 7) is 8.86. The normalized spacial score (nSPS) is 33.8. The summed E-state index contributed by atoms with van der Waals surface area (Å²) in [6.07, 6.45) is 2.93. The van der Waals surface area contributed by atoms with Crippen LogP contribution in [0.25, 0.3) is 0 Å². The number of hydrogen-bond acceptors (Lipinski definition) is 6. The molecule has 1 saturated heterocycles. The molecule has 144 valence electrons. The van der Waals surface area contributed by atoms with E-state index in [4.69, 9.17) is 26.6 Å². The first-order valence-electron chi connectivity index (χ1n) is 8.88. The lowest BCUT2D eigenvalue weighted by Crippen LogP contribution is -2.67. The number of hydrogen-bond donors (Lipinski definition) is 0. The number of ether oxygens (including phenoxy) is 3. The summed E-state index contributed by atoms with van der Waals surface area (Å²) in [7, 11) is -1.47. The minimum absolute atomic E-state index is 0.750. The summed E-state index contributed by atoms with van der Waals surface area (Å²) in [5.74, 6) is 0. The van der Waals surface area contributed by atoms with Crippen molar-refractivity contribution in [1.29, 1.82) is 0 Å². The quantitative estimate of drug-likeness (QED) is 0.372. The maximum atomic E-state index is 6.58. The molecule has 1 aliphatic rings. The van der Waals surface area contributed by atoms with E-state index in [2.05, 4.69) is 19.6 Å². The second kappa shape index (κ2) is 10.5. The molecule has 0 aromatic carbocycles. The molecule has 0 aromatic heterocycles. The fraction of sp³-hybridized carbons (Fsp3) is 1.00. The Morgan fingerprint density at radius 2 is 0.792 bits per heavy atom.